The van der Waals surface area contributed by atoms with Crippen LogP contribution in [0.25, 0.3) is 0 Å². The molecule has 0 aliphatic rings. The van der Waals surface area contributed by atoms with E-state index in [1.54, 1.807) is 7.11 Å². The van der Waals surface area contributed by atoms with E-state index in [0.29, 0.717) is 0 Å². The molecule has 0 unspecified atom stereocenters. The van der Waals surface area contributed by atoms with Crippen LogP contribution in [0.3, 0.4) is 0 Å². The summed E-state index contributed by atoms with van der Waals surface area (Å²) in [6, 6.07) is 4.17. The van der Waals surface area contributed by atoms with Gasteiger partial charge in [0.2, 0.25) is 0 Å². The number of nitrogens with two attached hydrogens (primary N) is 1. The lowest BCUT2D eigenvalue weighted by atomic mass is 9.94. The number of hydrogen-bond acceptors (Lipinski definition) is 2. The van der Waals surface area contributed by atoms with Crippen molar-refractivity contribution in [2.45, 2.75) is 32.7 Å². The molecule has 0 aliphatic carbocycles. The number of aryl methyl sites for hydroxylation is 1. The average Bonchev–Trinajstić information content (AvgIpc) is 1.99. The topological polar surface area (TPSA) is 35.2 Å². The standard InChI is InChI=1S/C12H18BrNO/c1-8-5-9(7-12(2,3)14)11(15-4)10(13)6-8/h5-6H,7,14H2,1-4H3. The fourth-order valence-electron chi connectivity index (χ4n) is 1.65. The summed E-state index contributed by atoms with van der Waals surface area (Å²) in [5.41, 5.74) is 8.16. The van der Waals surface area contributed by atoms with Gasteiger partial charge in [0.25, 0.3) is 0 Å². The van der Waals surface area contributed by atoms with Crippen LogP contribution in [0.4, 0.5) is 0 Å². The Morgan fingerprint density at radius 3 is 2.47 bits per heavy atom. The Balaban J connectivity index is 3.15. The van der Waals surface area contributed by atoms with Gasteiger partial charge in [-0.25, -0.2) is 0 Å². The highest BCUT2D eigenvalue weighted by Crippen LogP contribution is 2.32. The Hall–Kier alpha value is -0.540. The Kier molecular flexibility index (Phi) is 3.79. The number of halogens is 1. The molecule has 0 fully saturated rings. The van der Waals surface area contributed by atoms with E-state index in [1.165, 1.54) is 5.56 Å². The second-order valence-corrected chi connectivity index (χ2v) is 5.46. The molecule has 2 N–H and O–H groups in total. The van der Waals surface area contributed by atoms with Crippen molar-refractivity contribution in [1.82, 2.24) is 0 Å². The van der Waals surface area contributed by atoms with Crippen molar-refractivity contribution in [3.8, 4) is 5.75 Å². The van der Waals surface area contributed by atoms with Gasteiger partial charge in [-0.3, -0.25) is 0 Å². The summed E-state index contributed by atoms with van der Waals surface area (Å²) in [7, 11) is 1.68. The monoisotopic (exact) mass is 271 g/mol. The molecular weight excluding hydrogens is 254 g/mol. The minimum Gasteiger partial charge on any atom is -0.495 e. The molecule has 1 aromatic carbocycles. The number of hydrogen-bond donors (Lipinski definition) is 1. The molecule has 15 heavy (non-hydrogen) atoms. The summed E-state index contributed by atoms with van der Waals surface area (Å²) in [6.45, 7) is 6.10. The zero-order valence-electron chi connectivity index (χ0n) is 9.73. The van der Waals surface area contributed by atoms with Gasteiger partial charge in [-0.1, -0.05) is 6.07 Å². The van der Waals surface area contributed by atoms with E-state index >= 15 is 0 Å². The van der Waals surface area contributed by atoms with Crippen LogP contribution < -0.4 is 10.5 Å². The van der Waals surface area contributed by atoms with Crippen LogP contribution >= 0.6 is 15.9 Å². The lowest BCUT2D eigenvalue weighted by Gasteiger charge is -2.21. The van der Waals surface area contributed by atoms with Crippen LogP contribution in [-0.4, -0.2) is 12.6 Å². The first-order valence-electron chi connectivity index (χ1n) is 4.95. The average molecular weight is 272 g/mol. The smallest absolute Gasteiger partial charge is 0.136 e. The van der Waals surface area contributed by atoms with E-state index in [-0.39, 0.29) is 5.54 Å². The zero-order valence-corrected chi connectivity index (χ0v) is 11.3. The fourth-order valence-corrected chi connectivity index (χ4v) is 2.43. The third kappa shape index (κ3) is 3.50. The minimum absolute atomic E-state index is 0.222. The lowest BCUT2D eigenvalue weighted by molar-refractivity contribution is 0.399. The first kappa shape index (κ1) is 12.5. The highest BCUT2D eigenvalue weighted by Gasteiger charge is 2.16. The quantitative estimate of drug-likeness (QED) is 0.917. The van der Waals surface area contributed by atoms with E-state index in [9.17, 15) is 0 Å². The number of rotatable bonds is 3. The van der Waals surface area contributed by atoms with Crippen LogP contribution in [0, 0.1) is 6.92 Å². The van der Waals surface area contributed by atoms with Gasteiger partial charge in [-0.2, -0.15) is 0 Å². The molecule has 1 rings (SSSR count). The van der Waals surface area contributed by atoms with E-state index in [4.69, 9.17) is 10.5 Å². The first-order chi connectivity index (χ1) is 6.83. The Bertz CT molecular complexity index is 355. The van der Waals surface area contributed by atoms with Gasteiger partial charge in [-0.15, -0.1) is 0 Å². The summed E-state index contributed by atoms with van der Waals surface area (Å²) in [6.07, 6.45) is 0.802. The van der Waals surface area contributed by atoms with Gasteiger partial charge in [-0.05, 0) is 60.3 Å². The Morgan fingerprint density at radius 2 is 2.00 bits per heavy atom. The Morgan fingerprint density at radius 1 is 1.40 bits per heavy atom. The normalized spacial score (nSPS) is 11.6. The van der Waals surface area contributed by atoms with E-state index in [1.807, 2.05) is 19.9 Å². The minimum atomic E-state index is -0.222. The molecule has 3 heteroatoms. The molecule has 0 amide bonds. The number of benzene rings is 1. The molecule has 0 saturated heterocycles. The first-order valence-corrected chi connectivity index (χ1v) is 5.74. The second kappa shape index (κ2) is 4.54. The summed E-state index contributed by atoms with van der Waals surface area (Å²) in [5.74, 6) is 0.888. The van der Waals surface area contributed by atoms with Gasteiger partial charge < -0.3 is 10.5 Å². The van der Waals surface area contributed by atoms with Crippen molar-refractivity contribution < 1.29 is 4.74 Å². The molecule has 0 bridgehead atoms. The molecule has 0 radical (unpaired) electrons. The third-order valence-electron chi connectivity index (χ3n) is 2.12. The van der Waals surface area contributed by atoms with Crippen molar-refractivity contribution >= 4 is 15.9 Å². The highest BCUT2D eigenvalue weighted by molar-refractivity contribution is 9.10. The molecule has 0 aliphatic heterocycles. The molecule has 0 atom stereocenters. The molecule has 1 aromatic rings. The molecule has 84 valence electrons. The van der Waals surface area contributed by atoms with Crippen molar-refractivity contribution in [3.05, 3.63) is 27.7 Å². The van der Waals surface area contributed by atoms with Gasteiger partial charge in [0, 0.05) is 5.54 Å². The number of methoxy groups -OCH3 is 1. The van der Waals surface area contributed by atoms with Crippen LogP contribution in [0.2, 0.25) is 0 Å². The van der Waals surface area contributed by atoms with Crippen molar-refractivity contribution in [1.29, 1.82) is 0 Å². The van der Waals surface area contributed by atoms with E-state index in [0.717, 1.165) is 22.2 Å². The maximum absolute atomic E-state index is 6.02. The third-order valence-corrected chi connectivity index (χ3v) is 2.70. The highest BCUT2D eigenvalue weighted by atomic mass is 79.9. The molecule has 0 aromatic heterocycles. The molecule has 0 saturated carbocycles. The summed E-state index contributed by atoms with van der Waals surface area (Å²) in [5, 5.41) is 0. The predicted molar refractivity (Wildman–Crippen MR) is 67.4 cm³/mol. The van der Waals surface area contributed by atoms with Crippen LogP contribution in [0.1, 0.15) is 25.0 Å². The summed E-state index contributed by atoms with van der Waals surface area (Å²) in [4.78, 5) is 0. The number of ether oxygens (including phenoxy) is 1. The molecular formula is C12H18BrNO. The maximum atomic E-state index is 6.02. The van der Waals surface area contributed by atoms with E-state index < -0.39 is 0 Å². The largest absolute Gasteiger partial charge is 0.495 e. The second-order valence-electron chi connectivity index (χ2n) is 4.60. The summed E-state index contributed by atoms with van der Waals surface area (Å²) >= 11 is 3.50. The van der Waals surface area contributed by atoms with Crippen LogP contribution in [0.15, 0.2) is 16.6 Å². The Labute approximate surface area is 99.9 Å². The van der Waals surface area contributed by atoms with Crippen LogP contribution in [0.5, 0.6) is 5.75 Å². The van der Waals surface area contributed by atoms with Gasteiger partial charge >= 0.3 is 0 Å². The van der Waals surface area contributed by atoms with E-state index in [2.05, 4.69) is 28.9 Å². The van der Waals surface area contributed by atoms with Gasteiger partial charge in [0.05, 0.1) is 11.6 Å². The van der Waals surface area contributed by atoms with Crippen LogP contribution in [-0.2, 0) is 6.42 Å². The van der Waals surface area contributed by atoms with Crippen molar-refractivity contribution in [3.63, 3.8) is 0 Å². The molecule has 0 heterocycles. The predicted octanol–water partition coefficient (Wildman–Crippen LogP) is 3.05. The van der Waals surface area contributed by atoms with Gasteiger partial charge in [0.1, 0.15) is 5.75 Å². The lowest BCUT2D eigenvalue weighted by Crippen LogP contribution is -2.34. The molecule has 0 spiro atoms. The van der Waals surface area contributed by atoms with Crippen molar-refractivity contribution in [2.75, 3.05) is 7.11 Å². The maximum Gasteiger partial charge on any atom is 0.136 e. The SMILES string of the molecule is COc1c(Br)cc(C)cc1CC(C)(C)N. The molecule has 2 nitrogen and oxygen atoms in total. The zero-order chi connectivity index (χ0) is 11.6. The summed E-state index contributed by atoms with van der Waals surface area (Å²) < 4.78 is 6.36. The fraction of sp³-hybridized carbons (Fsp3) is 0.500. The van der Waals surface area contributed by atoms with Crippen molar-refractivity contribution in [2.24, 2.45) is 5.73 Å². The van der Waals surface area contributed by atoms with Gasteiger partial charge in [0.15, 0.2) is 0 Å².